The summed E-state index contributed by atoms with van der Waals surface area (Å²) in [5.41, 5.74) is 3.03. The predicted octanol–water partition coefficient (Wildman–Crippen LogP) is 4.54. The van der Waals surface area contributed by atoms with Crippen LogP contribution in [-0.2, 0) is 26.7 Å². The fourth-order valence-corrected chi connectivity index (χ4v) is 9.58. The van der Waals surface area contributed by atoms with Crippen LogP contribution >= 0.6 is 0 Å². The second-order valence-electron chi connectivity index (χ2n) is 16.3. The number of piperidine rings is 2. The first-order chi connectivity index (χ1) is 28.7. The third-order valence-electron chi connectivity index (χ3n) is 11.7. The van der Waals surface area contributed by atoms with Gasteiger partial charge in [-0.25, -0.2) is 18.1 Å². The van der Waals surface area contributed by atoms with Gasteiger partial charge in [-0.3, -0.25) is 24.1 Å². The molecule has 2 saturated heterocycles. The Morgan fingerprint density at radius 3 is 2.48 bits per heavy atom. The van der Waals surface area contributed by atoms with Crippen LogP contribution < -0.4 is 15.5 Å². The van der Waals surface area contributed by atoms with E-state index >= 15 is 0 Å². The minimum Gasteiger partial charge on any atom is -0.359 e. The first kappa shape index (κ1) is 42.3. The largest absolute Gasteiger partial charge is 0.359 e. The molecule has 0 atom stereocenters. The SMILES string of the molecule is CNC(=O)CCN(C=O)c1nn(C)c2cc(C3CCN(C(C)(C)C#Cc4cc(S(=O)(=O)N5CCC(Nc6ncc7cnn(C(C)C)c7n6)CC5)ccc4C#N)CC3)ccc12. The topological polar surface area (TPSA) is 187 Å². The zero-order chi connectivity index (χ0) is 42.8. The molecule has 16 nitrogen and oxygen atoms in total. The Labute approximate surface area is 351 Å². The maximum absolute atomic E-state index is 13.9. The van der Waals surface area contributed by atoms with Gasteiger partial charge in [0.15, 0.2) is 11.5 Å². The van der Waals surface area contributed by atoms with E-state index in [1.165, 1.54) is 26.9 Å². The second kappa shape index (κ2) is 17.4. The van der Waals surface area contributed by atoms with E-state index in [2.05, 4.69) is 79.6 Å². The van der Waals surface area contributed by atoms with Gasteiger partial charge in [0.2, 0.25) is 28.3 Å². The number of nitrogens with one attached hydrogen (secondary N) is 2. The average Bonchev–Trinajstić information content (AvgIpc) is 3.83. The first-order valence-electron chi connectivity index (χ1n) is 20.4. The molecule has 0 spiro atoms. The molecule has 2 aromatic carbocycles. The summed E-state index contributed by atoms with van der Waals surface area (Å²) in [5, 5.41) is 26.7. The highest BCUT2D eigenvalue weighted by molar-refractivity contribution is 7.89. The lowest BCUT2D eigenvalue weighted by molar-refractivity contribution is -0.120. The maximum atomic E-state index is 13.9. The van der Waals surface area contributed by atoms with Crippen molar-refractivity contribution in [2.24, 2.45) is 7.05 Å². The Hall–Kier alpha value is -5.88. The number of aryl methyl sites for hydroxylation is 1. The molecule has 0 radical (unpaired) electrons. The van der Waals surface area contributed by atoms with E-state index in [0.29, 0.717) is 61.2 Å². The Balaban J connectivity index is 0.984. The summed E-state index contributed by atoms with van der Waals surface area (Å²) in [6.45, 7) is 10.7. The number of amides is 2. The van der Waals surface area contributed by atoms with Gasteiger partial charge in [-0.1, -0.05) is 17.9 Å². The van der Waals surface area contributed by atoms with Crippen molar-refractivity contribution in [2.75, 3.05) is 50.0 Å². The minimum atomic E-state index is -3.84. The van der Waals surface area contributed by atoms with Gasteiger partial charge < -0.3 is 10.6 Å². The van der Waals surface area contributed by atoms with Crippen LogP contribution in [0.3, 0.4) is 0 Å². The average molecular weight is 833 g/mol. The summed E-state index contributed by atoms with van der Waals surface area (Å²) in [5.74, 6) is 7.75. The number of nitriles is 1. The highest BCUT2D eigenvalue weighted by Gasteiger charge is 2.32. The van der Waals surface area contributed by atoms with Gasteiger partial charge in [0.1, 0.15) is 6.07 Å². The van der Waals surface area contributed by atoms with E-state index in [0.717, 1.165) is 47.9 Å². The molecule has 0 saturated carbocycles. The summed E-state index contributed by atoms with van der Waals surface area (Å²) < 4.78 is 32.9. The number of fused-ring (bicyclic) bond motifs is 2. The van der Waals surface area contributed by atoms with E-state index in [1.807, 2.05) is 31.6 Å². The van der Waals surface area contributed by atoms with Crippen LogP contribution in [0.25, 0.3) is 21.9 Å². The van der Waals surface area contributed by atoms with Crippen molar-refractivity contribution in [3.8, 4) is 17.9 Å². The molecule has 0 bridgehead atoms. The van der Waals surface area contributed by atoms with Crippen LogP contribution in [0.2, 0.25) is 0 Å². The van der Waals surface area contributed by atoms with Crippen LogP contribution in [0.1, 0.15) is 88.4 Å². The number of carbonyl (C=O) groups is 2. The van der Waals surface area contributed by atoms with Crippen LogP contribution in [0.15, 0.2) is 53.7 Å². The Morgan fingerprint density at radius 1 is 1.05 bits per heavy atom. The van der Waals surface area contributed by atoms with Crippen LogP contribution in [0.4, 0.5) is 11.8 Å². The first-order valence-corrected chi connectivity index (χ1v) is 21.8. The Morgan fingerprint density at radius 2 is 1.80 bits per heavy atom. The molecule has 5 heterocycles. The zero-order valence-electron chi connectivity index (χ0n) is 35.0. The molecule has 2 fully saturated rings. The molecule has 0 unspecified atom stereocenters. The number of rotatable bonds is 12. The standard InChI is InChI=1S/C43H52N12O4S/c1-29(2)55-40-34(27-47-55)26-46-42(49-40)48-35-14-21-54(22-15-35)60(58,59)36-9-7-33(25-44)32(23-36)11-17-43(3,4)53-19-12-30(13-20-53)31-8-10-37-38(24-31)51(6)50-41(37)52(28-56)18-16-39(57)45-5/h7-10,23-24,26-30,35H,12-16,18-22H2,1-6H3,(H,45,57)(H,46,48,49). The number of carbonyl (C=O) groups excluding carboxylic acids is 2. The third kappa shape index (κ3) is 8.70. The summed E-state index contributed by atoms with van der Waals surface area (Å²) in [4.78, 5) is 36.8. The van der Waals surface area contributed by atoms with Gasteiger partial charge in [0.25, 0.3) is 0 Å². The lowest BCUT2D eigenvalue weighted by Gasteiger charge is -2.40. The molecule has 314 valence electrons. The van der Waals surface area contributed by atoms with Crippen LogP contribution in [-0.4, -0.2) is 111 Å². The lowest BCUT2D eigenvalue weighted by Crippen LogP contribution is -2.47. The number of aromatic nitrogens is 6. The van der Waals surface area contributed by atoms with E-state index < -0.39 is 15.6 Å². The number of nitrogens with zero attached hydrogens (tertiary/aromatic N) is 10. The van der Waals surface area contributed by atoms with Crippen LogP contribution in [0, 0.1) is 23.2 Å². The molecular formula is C43H52N12O4S. The fraction of sp³-hybridized carbons (Fsp3) is 0.465. The second-order valence-corrected chi connectivity index (χ2v) is 18.3. The smallest absolute Gasteiger partial charge is 0.243 e. The lowest BCUT2D eigenvalue weighted by atomic mass is 9.87. The number of sulfonamides is 1. The maximum Gasteiger partial charge on any atom is 0.243 e. The predicted molar refractivity (Wildman–Crippen MR) is 230 cm³/mol. The van der Waals surface area contributed by atoms with Gasteiger partial charge in [0, 0.05) is 82.5 Å². The third-order valence-corrected chi connectivity index (χ3v) is 13.6. The van der Waals surface area contributed by atoms with Gasteiger partial charge in [-0.15, -0.1) is 0 Å². The van der Waals surface area contributed by atoms with E-state index in [1.54, 1.807) is 30.2 Å². The van der Waals surface area contributed by atoms with Crippen molar-refractivity contribution in [2.45, 2.75) is 88.2 Å². The monoisotopic (exact) mass is 832 g/mol. The van der Waals surface area contributed by atoms with Gasteiger partial charge in [0.05, 0.1) is 33.1 Å². The number of hydrogen-bond acceptors (Lipinski definition) is 11. The van der Waals surface area contributed by atoms with Crippen molar-refractivity contribution in [1.29, 1.82) is 5.26 Å². The zero-order valence-corrected chi connectivity index (χ0v) is 35.8. The minimum absolute atomic E-state index is 0.00530. The van der Waals surface area contributed by atoms with E-state index in [4.69, 9.17) is 0 Å². The van der Waals surface area contributed by atoms with Gasteiger partial charge in [-0.2, -0.15) is 24.7 Å². The summed E-state index contributed by atoms with van der Waals surface area (Å²) >= 11 is 0. The molecule has 0 aliphatic carbocycles. The Bertz CT molecular complexity index is 2620. The van der Waals surface area contributed by atoms with E-state index in [9.17, 15) is 23.3 Å². The molecule has 3 aromatic heterocycles. The molecule has 17 heteroatoms. The normalized spacial score (nSPS) is 16.1. The summed E-state index contributed by atoms with van der Waals surface area (Å²) in [7, 11) is -0.414. The highest BCUT2D eigenvalue weighted by atomic mass is 32.2. The van der Waals surface area contributed by atoms with Crippen molar-refractivity contribution >= 4 is 56.0 Å². The number of anilines is 2. The molecular weight excluding hydrogens is 781 g/mol. The Kier molecular flexibility index (Phi) is 12.2. The number of likely N-dealkylation sites (tertiary alicyclic amines) is 1. The summed E-state index contributed by atoms with van der Waals surface area (Å²) in [6.07, 6.45) is 7.37. The molecule has 2 aliphatic rings. The van der Waals surface area contributed by atoms with Crippen molar-refractivity contribution < 1.29 is 18.0 Å². The van der Waals surface area contributed by atoms with Gasteiger partial charge >= 0.3 is 0 Å². The molecule has 5 aromatic rings. The fourth-order valence-electron chi connectivity index (χ4n) is 8.09. The molecule has 2 N–H and O–H groups in total. The highest BCUT2D eigenvalue weighted by Crippen LogP contribution is 2.35. The number of benzene rings is 2. The van der Waals surface area contributed by atoms with E-state index in [-0.39, 0.29) is 35.9 Å². The molecule has 2 aliphatic heterocycles. The van der Waals surface area contributed by atoms with Gasteiger partial charge in [-0.05, 0) is 95.2 Å². The quantitative estimate of drug-likeness (QED) is 0.133. The van der Waals surface area contributed by atoms with Crippen molar-refractivity contribution in [3.63, 3.8) is 0 Å². The molecule has 7 rings (SSSR count). The van der Waals surface area contributed by atoms with Crippen molar-refractivity contribution in [1.82, 2.24) is 44.1 Å². The summed E-state index contributed by atoms with van der Waals surface area (Å²) in [6, 6.07) is 13.2. The molecule has 2 amide bonds. The molecule has 60 heavy (non-hydrogen) atoms. The number of hydrogen-bond donors (Lipinski definition) is 2. The van der Waals surface area contributed by atoms with Crippen molar-refractivity contribution in [3.05, 3.63) is 65.5 Å². The van der Waals surface area contributed by atoms with Crippen LogP contribution in [0.5, 0.6) is 0 Å².